The van der Waals surface area contributed by atoms with E-state index in [1.807, 2.05) is 13.8 Å². The summed E-state index contributed by atoms with van der Waals surface area (Å²) in [6.07, 6.45) is -2.27. The maximum atomic E-state index is 11.4. The van der Waals surface area contributed by atoms with E-state index in [0.717, 1.165) is 0 Å². The molecule has 4 atom stereocenters. The molecule has 7 nitrogen and oxygen atoms in total. The molecule has 122 valence electrons. The fourth-order valence-corrected chi connectivity index (χ4v) is 1.99. The van der Waals surface area contributed by atoms with E-state index in [0.29, 0.717) is 12.8 Å². The van der Waals surface area contributed by atoms with Gasteiger partial charge in [0.25, 0.3) is 0 Å². The average Bonchev–Trinajstić information content (AvgIpc) is 2.41. The van der Waals surface area contributed by atoms with Crippen LogP contribution in [0, 0.1) is 0 Å². The van der Waals surface area contributed by atoms with Crippen LogP contribution in [0.3, 0.4) is 0 Å². The smallest absolute Gasteiger partial charge is 0.308 e. The summed E-state index contributed by atoms with van der Waals surface area (Å²) in [5, 5.41) is 19.6. The minimum Gasteiger partial charge on any atom is -0.463 e. The second kappa shape index (κ2) is 8.96. The van der Waals surface area contributed by atoms with Gasteiger partial charge in [-0.05, 0) is 12.8 Å². The second-order valence-corrected chi connectivity index (χ2v) is 5.07. The van der Waals surface area contributed by atoms with E-state index in [9.17, 15) is 19.8 Å². The molecular formula is C14H24O7. The molecule has 2 N–H and O–H groups in total. The van der Waals surface area contributed by atoms with Crippen molar-refractivity contribution in [3.05, 3.63) is 0 Å². The topological polar surface area (TPSA) is 102 Å². The van der Waals surface area contributed by atoms with Gasteiger partial charge < -0.3 is 24.4 Å². The maximum absolute atomic E-state index is 11.4. The van der Waals surface area contributed by atoms with Gasteiger partial charge in [-0.3, -0.25) is 9.59 Å². The highest BCUT2D eigenvalue weighted by molar-refractivity contribution is 5.69. The predicted molar refractivity (Wildman–Crippen MR) is 72.2 cm³/mol. The van der Waals surface area contributed by atoms with Gasteiger partial charge in [0.1, 0.15) is 18.8 Å². The zero-order valence-corrected chi connectivity index (χ0v) is 12.5. The van der Waals surface area contributed by atoms with Crippen molar-refractivity contribution >= 4 is 11.9 Å². The summed E-state index contributed by atoms with van der Waals surface area (Å²) in [5.41, 5.74) is 0. The number of rotatable bonds is 7. The Morgan fingerprint density at radius 3 is 2.38 bits per heavy atom. The van der Waals surface area contributed by atoms with Crippen molar-refractivity contribution in [2.24, 2.45) is 0 Å². The van der Waals surface area contributed by atoms with Crippen LogP contribution in [0.5, 0.6) is 0 Å². The zero-order chi connectivity index (χ0) is 15.8. The SMILES string of the molecule is CCCC(=O)OC[C@H]1O[C@H](OC(=O)CCC)C[C@@H](O)[C@@H]1O. The largest absolute Gasteiger partial charge is 0.463 e. The molecule has 0 unspecified atom stereocenters. The standard InChI is InChI=1S/C14H24O7/c1-3-5-11(16)19-8-10-14(18)9(15)7-13(20-10)21-12(17)6-4-2/h9-10,13-15,18H,3-8H2,1-2H3/t9-,10-,13-,14+/m1/s1. The summed E-state index contributed by atoms with van der Waals surface area (Å²) in [6, 6.07) is 0. The van der Waals surface area contributed by atoms with Crippen LogP contribution in [0.15, 0.2) is 0 Å². The van der Waals surface area contributed by atoms with E-state index in [1.54, 1.807) is 0 Å². The summed E-state index contributed by atoms with van der Waals surface area (Å²) >= 11 is 0. The van der Waals surface area contributed by atoms with Crippen molar-refractivity contribution in [3.63, 3.8) is 0 Å². The highest BCUT2D eigenvalue weighted by Crippen LogP contribution is 2.22. The molecule has 1 aliphatic heterocycles. The Balaban J connectivity index is 2.49. The van der Waals surface area contributed by atoms with Gasteiger partial charge in [-0.2, -0.15) is 0 Å². The number of carbonyl (C=O) groups is 2. The summed E-state index contributed by atoms with van der Waals surface area (Å²) in [6.45, 7) is 3.51. The summed E-state index contributed by atoms with van der Waals surface area (Å²) in [4.78, 5) is 22.7. The molecule has 1 aliphatic rings. The van der Waals surface area contributed by atoms with Crippen molar-refractivity contribution in [3.8, 4) is 0 Å². The lowest BCUT2D eigenvalue weighted by Gasteiger charge is -2.36. The van der Waals surface area contributed by atoms with Crippen molar-refractivity contribution < 1.29 is 34.0 Å². The molecule has 1 saturated heterocycles. The number of esters is 2. The Kier molecular flexibility index (Phi) is 7.63. The Bertz CT molecular complexity index is 344. The third kappa shape index (κ3) is 5.99. The van der Waals surface area contributed by atoms with Crippen LogP contribution >= 0.6 is 0 Å². The van der Waals surface area contributed by atoms with Crippen molar-refractivity contribution in [2.75, 3.05) is 6.61 Å². The molecule has 1 heterocycles. The molecule has 1 fully saturated rings. The summed E-state index contributed by atoms with van der Waals surface area (Å²) < 4.78 is 15.4. The van der Waals surface area contributed by atoms with E-state index in [-0.39, 0.29) is 25.9 Å². The van der Waals surface area contributed by atoms with E-state index >= 15 is 0 Å². The molecular weight excluding hydrogens is 280 g/mol. The third-order valence-electron chi connectivity index (χ3n) is 3.12. The van der Waals surface area contributed by atoms with Crippen molar-refractivity contribution in [1.29, 1.82) is 0 Å². The van der Waals surface area contributed by atoms with Gasteiger partial charge in [-0.15, -0.1) is 0 Å². The molecule has 0 radical (unpaired) electrons. The highest BCUT2D eigenvalue weighted by atomic mass is 16.7. The van der Waals surface area contributed by atoms with Crippen LogP contribution < -0.4 is 0 Å². The van der Waals surface area contributed by atoms with Gasteiger partial charge in [-0.25, -0.2) is 0 Å². The fourth-order valence-electron chi connectivity index (χ4n) is 1.99. The quantitative estimate of drug-likeness (QED) is 0.661. The second-order valence-electron chi connectivity index (χ2n) is 5.07. The van der Waals surface area contributed by atoms with Gasteiger partial charge in [0.05, 0.1) is 6.10 Å². The predicted octanol–water partition coefficient (Wildman–Crippen LogP) is 0.510. The molecule has 0 saturated carbocycles. The van der Waals surface area contributed by atoms with Crippen molar-refractivity contribution in [2.45, 2.75) is 70.6 Å². The Morgan fingerprint density at radius 2 is 1.76 bits per heavy atom. The molecule has 7 heteroatoms. The summed E-state index contributed by atoms with van der Waals surface area (Å²) in [7, 11) is 0. The van der Waals surface area contributed by atoms with Gasteiger partial charge in [0.15, 0.2) is 0 Å². The fraction of sp³-hybridized carbons (Fsp3) is 0.857. The first-order valence-electron chi connectivity index (χ1n) is 7.34. The monoisotopic (exact) mass is 304 g/mol. The minimum absolute atomic E-state index is 0.00394. The molecule has 0 amide bonds. The van der Waals surface area contributed by atoms with Gasteiger partial charge in [-0.1, -0.05) is 13.8 Å². The normalized spacial score (nSPS) is 29.0. The zero-order valence-electron chi connectivity index (χ0n) is 12.5. The minimum atomic E-state index is -1.18. The molecule has 21 heavy (non-hydrogen) atoms. The molecule has 0 bridgehead atoms. The molecule has 0 spiro atoms. The molecule has 0 aromatic carbocycles. The molecule has 1 rings (SSSR count). The number of aliphatic hydroxyl groups is 2. The number of aliphatic hydroxyl groups excluding tert-OH is 2. The highest BCUT2D eigenvalue weighted by Gasteiger charge is 2.39. The average molecular weight is 304 g/mol. The summed E-state index contributed by atoms with van der Waals surface area (Å²) in [5.74, 6) is -0.819. The first kappa shape index (κ1) is 17.9. The number of hydrogen-bond acceptors (Lipinski definition) is 7. The molecule has 0 aliphatic carbocycles. The first-order valence-corrected chi connectivity index (χ1v) is 7.34. The number of hydrogen-bond donors (Lipinski definition) is 2. The van der Waals surface area contributed by atoms with Crippen LogP contribution in [0.1, 0.15) is 46.0 Å². The molecule has 0 aromatic rings. The lowest BCUT2D eigenvalue weighted by atomic mass is 10.0. The van der Waals surface area contributed by atoms with Gasteiger partial charge >= 0.3 is 11.9 Å². The number of ether oxygens (including phenoxy) is 3. The Labute approximate surface area is 124 Å². The van der Waals surface area contributed by atoms with E-state index in [2.05, 4.69) is 0 Å². The van der Waals surface area contributed by atoms with Gasteiger partial charge in [0, 0.05) is 19.3 Å². The van der Waals surface area contributed by atoms with Crippen LogP contribution in [-0.4, -0.2) is 53.4 Å². The maximum Gasteiger partial charge on any atom is 0.308 e. The molecule has 0 aromatic heterocycles. The van der Waals surface area contributed by atoms with Crippen LogP contribution in [0.2, 0.25) is 0 Å². The Morgan fingerprint density at radius 1 is 1.14 bits per heavy atom. The number of carbonyl (C=O) groups excluding carboxylic acids is 2. The van der Waals surface area contributed by atoms with Gasteiger partial charge in [0.2, 0.25) is 6.29 Å². The van der Waals surface area contributed by atoms with E-state index < -0.39 is 36.5 Å². The van der Waals surface area contributed by atoms with E-state index in [1.165, 1.54) is 0 Å². The Hall–Kier alpha value is -1.18. The van der Waals surface area contributed by atoms with Crippen LogP contribution in [0.25, 0.3) is 0 Å². The van der Waals surface area contributed by atoms with E-state index in [4.69, 9.17) is 14.2 Å². The lowest BCUT2D eigenvalue weighted by Crippen LogP contribution is -2.51. The van der Waals surface area contributed by atoms with Crippen LogP contribution in [0.4, 0.5) is 0 Å². The van der Waals surface area contributed by atoms with Crippen molar-refractivity contribution in [1.82, 2.24) is 0 Å². The third-order valence-corrected chi connectivity index (χ3v) is 3.12. The van der Waals surface area contributed by atoms with Crippen LogP contribution in [-0.2, 0) is 23.8 Å². The first-order chi connectivity index (χ1) is 9.97. The lowest BCUT2D eigenvalue weighted by molar-refractivity contribution is -0.253.